The van der Waals surface area contributed by atoms with Gasteiger partial charge in [-0.3, -0.25) is 10.1 Å². The third-order valence-corrected chi connectivity index (χ3v) is 2.73. The number of hydrogen-bond acceptors (Lipinski definition) is 5. The summed E-state index contributed by atoms with van der Waals surface area (Å²) in [5.41, 5.74) is 0.624. The standard InChI is InChI=1S/C13H14ClN5O3/c1-2-22-13(21)16-11-7-19(18-17-11)8-12(20)15-10-5-3-9(14)4-6-10/h3-7H,2,8H2,1H3,(H,15,20)(H,16,21). The molecule has 0 aliphatic rings. The Morgan fingerprint density at radius 1 is 1.27 bits per heavy atom. The highest BCUT2D eigenvalue weighted by atomic mass is 35.5. The summed E-state index contributed by atoms with van der Waals surface area (Å²) in [4.78, 5) is 23.1. The summed E-state index contributed by atoms with van der Waals surface area (Å²) in [6, 6.07) is 6.73. The van der Waals surface area contributed by atoms with Crippen LogP contribution >= 0.6 is 11.6 Å². The van der Waals surface area contributed by atoms with Crippen LogP contribution in [0.4, 0.5) is 16.3 Å². The number of halogens is 1. The number of ether oxygens (including phenoxy) is 1. The molecule has 8 nitrogen and oxygen atoms in total. The molecular formula is C13H14ClN5O3. The minimum absolute atomic E-state index is 0.0415. The van der Waals surface area contributed by atoms with E-state index in [1.165, 1.54) is 10.9 Å². The number of nitrogens with one attached hydrogen (secondary N) is 2. The fourth-order valence-electron chi connectivity index (χ4n) is 1.59. The number of benzene rings is 1. The average molecular weight is 324 g/mol. The highest BCUT2D eigenvalue weighted by Crippen LogP contribution is 2.13. The van der Waals surface area contributed by atoms with Crippen LogP contribution in [0, 0.1) is 0 Å². The molecule has 0 saturated heterocycles. The molecule has 2 rings (SSSR count). The average Bonchev–Trinajstić information content (AvgIpc) is 2.88. The lowest BCUT2D eigenvalue weighted by Gasteiger charge is -2.04. The van der Waals surface area contributed by atoms with Gasteiger partial charge < -0.3 is 10.1 Å². The fraction of sp³-hybridized carbons (Fsp3) is 0.231. The Morgan fingerprint density at radius 3 is 2.68 bits per heavy atom. The van der Waals surface area contributed by atoms with Crippen LogP contribution in [0.15, 0.2) is 30.5 Å². The van der Waals surface area contributed by atoms with Crippen molar-refractivity contribution in [1.29, 1.82) is 0 Å². The van der Waals surface area contributed by atoms with Crippen LogP contribution in [0.2, 0.25) is 5.02 Å². The first-order valence-electron chi connectivity index (χ1n) is 6.46. The summed E-state index contributed by atoms with van der Waals surface area (Å²) < 4.78 is 6.01. The molecule has 0 unspecified atom stereocenters. The Balaban J connectivity index is 1.88. The number of rotatable bonds is 5. The maximum Gasteiger partial charge on any atom is 0.412 e. The molecule has 2 N–H and O–H groups in total. The van der Waals surface area contributed by atoms with E-state index >= 15 is 0 Å². The van der Waals surface area contributed by atoms with E-state index in [1.54, 1.807) is 31.2 Å². The van der Waals surface area contributed by atoms with Crippen molar-refractivity contribution in [2.24, 2.45) is 0 Å². The van der Waals surface area contributed by atoms with E-state index in [2.05, 4.69) is 20.9 Å². The van der Waals surface area contributed by atoms with Gasteiger partial charge in [-0.25, -0.2) is 9.48 Å². The molecule has 0 fully saturated rings. The monoisotopic (exact) mass is 323 g/mol. The van der Waals surface area contributed by atoms with Crippen molar-refractivity contribution in [3.8, 4) is 0 Å². The number of carbonyl (C=O) groups excluding carboxylic acids is 2. The van der Waals surface area contributed by atoms with Crippen molar-refractivity contribution in [3.05, 3.63) is 35.5 Å². The van der Waals surface area contributed by atoms with E-state index < -0.39 is 6.09 Å². The predicted molar refractivity (Wildman–Crippen MR) is 80.7 cm³/mol. The maximum absolute atomic E-state index is 11.9. The van der Waals surface area contributed by atoms with Crippen LogP contribution in [0.1, 0.15) is 6.92 Å². The van der Waals surface area contributed by atoms with Gasteiger partial charge in [-0.1, -0.05) is 16.8 Å². The first kappa shape index (κ1) is 15.8. The number of nitrogens with zero attached hydrogens (tertiary/aromatic N) is 3. The highest BCUT2D eigenvalue weighted by Gasteiger charge is 2.09. The zero-order valence-electron chi connectivity index (χ0n) is 11.7. The second kappa shape index (κ2) is 7.41. The van der Waals surface area contributed by atoms with Crippen molar-refractivity contribution >= 4 is 35.1 Å². The molecule has 0 aliphatic heterocycles. The summed E-state index contributed by atoms with van der Waals surface area (Å²) in [5, 5.41) is 13.1. The first-order chi connectivity index (χ1) is 10.6. The van der Waals surface area contributed by atoms with Gasteiger partial charge in [0.05, 0.1) is 12.8 Å². The normalized spacial score (nSPS) is 10.1. The number of amides is 2. The molecule has 0 aliphatic carbocycles. The highest BCUT2D eigenvalue weighted by molar-refractivity contribution is 6.30. The van der Waals surface area contributed by atoms with Gasteiger partial charge in [0.1, 0.15) is 6.54 Å². The number of carbonyl (C=O) groups is 2. The zero-order chi connectivity index (χ0) is 15.9. The van der Waals surface area contributed by atoms with Crippen LogP contribution in [0.5, 0.6) is 0 Å². The topological polar surface area (TPSA) is 98.1 Å². The summed E-state index contributed by atoms with van der Waals surface area (Å²) in [7, 11) is 0. The molecule has 1 aromatic carbocycles. The van der Waals surface area contributed by atoms with Crippen LogP contribution in [0.25, 0.3) is 0 Å². The van der Waals surface area contributed by atoms with Crippen LogP contribution in [-0.2, 0) is 16.1 Å². The van der Waals surface area contributed by atoms with E-state index in [1.807, 2.05) is 0 Å². The van der Waals surface area contributed by atoms with E-state index in [0.29, 0.717) is 10.7 Å². The van der Waals surface area contributed by atoms with Gasteiger partial charge in [-0.05, 0) is 31.2 Å². The van der Waals surface area contributed by atoms with E-state index in [9.17, 15) is 9.59 Å². The zero-order valence-corrected chi connectivity index (χ0v) is 12.5. The van der Waals surface area contributed by atoms with Gasteiger partial charge in [-0.2, -0.15) is 0 Å². The molecule has 0 bridgehead atoms. The minimum Gasteiger partial charge on any atom is -0.450 e. The number of hydrogen-bond donors (Lipinski definition) is 2. The second-order valence-corrected chi connectivity index (χ2v) is 4.64. The smallest absolute Gasteiger partial charge is 0.412 e. The van der Waals surface area contributed by atoms with Crippen LogP contribution in [-0.4, -0.2) is 33.6 Å². The van der Waals surface area contributed by atoms with Gasteiger partial charge in [0.2, 0.25) is 5.91 Å². The van der Waals surface area contributed by atoms with Crippen molar-refractivity contribution in [3.63, 3.8) is 0 Å². The molecular weight excluding hydrogens is 310 g/mol. The number of aromatic nitrogens is 3. The molecule has 0 spiro atoms. The van der Waals surface area contributed by atoms with Crippen LogP contribution < -0.4 is 10.6 Å². The molecule has 22 heavy (non-hydrogen) atoms. The van der Waals surface area contributed by atoms with Crippen molar-refractivity contribution in [1.82, 2.24) is 15.0 Å². The molecule has 0 radical (unpaired) electrons. The third-order valence-electron chi connectivity index (χ3n) is 2.48. The van der Waals surface area contributed by atoms with Crippen molar-refractivity contribution < 1.29 is 14.3 Å². The summed E-state index contributed by atoms with van der Waals surface area (Å²) in [6.07, 6.45) is 0.804. The minimum atomic E-state index is -0.625. The van der Waals surface area contributed by atoms with Gasteiger partial charge >= 0.3 is 6.09 Å². The fourth-order valence-corrected chi connectivity index (χ4v) is 1.71. The van der Waals surface area contributed by atoms with E-state index in [-0.39, 0.29) is 24.9 Å². The van der Waals surface area contributed by atoms with Gasteiger partial charge in [0.15, 0.2) is 5.82 Å². The Kier molecular flexibility index (Phi) is 5.31. The first-order valence-corrected chi connectivity index (χ1v) is 6.84. The largest absolute Gasteiger partial charge is 0.450 e. The molecule has 1 heterocycles. The molecule has 0 atom stereocenters. The summed E-state index contributed by atoms with van der Waals surface area (Å²) >= 11 is 5.76. The van der Waals surface area contributed by atoms with E-state index in [0.717, 1.165) is 0 Å². The Labute approximate surface area is 131 Å². The Morgan fingerprint density at radius 2 is 2.00 bits per heavy atom. The quantitative estimate of drug-likeness (QED) is 0.878. The van der Waals surface area contributed by atoms with Crippen LogP contribution in [0.3, 0.4) is 0 Å². The molecule has 1 aromatic heterocycles. The van der Waals surface area contributed by atoms with Crippen molar-refractivity contribution in [2.45, 2.75) is 13.5 Å². The van der Waals surface area contributed by atoms with Gasteiger partial charge in [-0.15, -0.1) is 5.10 Å². The van der Waals surface area contributed by atoms with Gasteiger partial charge in [0.25, 0.3) is 0 Å². The molecule has 116 valence electrons. The SMILES string of the molecule is CCOC(=O)Nc1cn(CC(=O)Nc2ccc(Cl)cc2)nn1. The van der Waals surface area contributed by atoms with Gasteiger partial charge in [0, 0.05) is 10.7 Å². The Bertz CT molecular complexity index is 656. The second-order valence-electron chi connectivity index (χ2n) is 4.20. The van der Waals surface area contributed by atoms with E-state index in [4.69, 9.17) is 16.3 Å². The van der Waals surface area contributed by atoms with Crippen molar-refractivity contribution in [2.75, 3.05) is 17.2 Å². The lowest BCUT2D eigenvalue weighted by atomic mass is 10.3. The predicted octanol–water partition coefficient (Wildman–Crippen LogP) is 2.14. The Hall–Kier alpha value is -2.61. The maximum atomic E-state index is 11.9. The molecule has 9 heteroatoms. The number of anilines is 2. The molecule has 2 aromatic rings. The lowest BCUT2D eigenvalue weighted by Crippen LogP contribution is -2.19. The lowest BCUT2D eigenvalue weighted by molar-refractivity contribution is -0.116. The molecule has 0 saturated carbocycles. The summed E-state index contributed by atoms with van der Waals surface area (Å²) in [5.74, 6) is -0.0762. The summed E-state index contributed by atoms with van der Waals surface area (Å²) in [6.45, 7) is 1.90. The molecule has 2 amide bonds. The third kappa shape index (κ3) is 4.74.